The summed E-state index contributed by atoms with van der Waals surface area (Å²) in [5.74, 6) is 0. The molecule has 0 spiro atoms. The van der Waals surface area contributed by atoms with Gasteiger partial charge in [0, 0.05) is 28.4 Å². The Bertz CT molecular complexity index is 1460. The van der Waals surface area contributed by atoms with Crippen LogP contribution in [0, 0.1) is 0 Å². The lowest BCUT2D eigenvalue weighted by Gasteiger charge is -2.32. The van der Waals surface area contributed by atoms with Crippen molar-refractivity contribution >= 4 is 28.4 Å². The van der Waals surface area contributed by atoms with E-state index in [2.05, 4.69) is 174 Å². The van der Waals surface area contributed by atoms with Crippen LogP contribution < -0.4 is 9.80 Å². The highest BCUT2D eigenvalue weighted by molar-refractivity contribution is 5.78. The first-order valence-electron chi connectivity index (χ1n) is 13.2. The van der Waals surface area contributed by atoms with E-state index >= 15 is 0 Å². The van der Waals surface area contributed by atoms with Crippen LogP contribution in [0.5, 0.6) is 0 Å². The van der Waals surface area contributed by atoms with Gasteiger partial charge in [-0.2, -0.15) is 0 Å². The summed E-state index contributed by atoms with van der Waals surface area (Å²) in [5, 5.41) is 0. The minimum atomic E-state index is 0.300. The molecule has 1 aliphatic carbocycles. The van der Waals surface area contributed by atoms with Crippen molar-refractivity contribution in [1.29, 1.82) is 0 Å². The Morgan fingerprint density at radius 3 is 1.32 bits per heavy atom. The zero-order chi connectivity index (χ0) is 25.6. The van der Waals surface area contributed by atoms with Crippen LogP contribution >= 0.6 is 0 Å². The molecule has 1 atom stereocenters. The van der Waals surface area contributed by atoms with Crippen molar-refractivity contribution in [2.45, 2.75) is 12.5 Å². The molecule has 184 valence electrons. The fraction of sp³-hybridized carbons (Fsp3) is 0.0556. The number of hydrogen-bond acceptors (Lipinski definition) is 2. The number of para-hydroxylation sites is 3. The molecule has 0 saturated heterocycles. The molecule has 0 bridgehead atoms. The molecule has 0 heterocycles. The van der Waals surface area contributed by atoms with Crippen molar-refractivity contribution in [3.63, 3.8) is 0 Å². The summed E-state index contributed by atoms with van der Waals surface area (Å²) in [6, 6.07) is 49.8. The Labute approximate surface area is 225 Å². The van der Waals surface area contributed by atoms with Gasteiger partial charge in [0.2, 0.25) is 0 Å². The molecule has 2 nitrogen and oxygen atoms in total. The zero-order valence-corrected chi connectivity index (χ0v) is 21.3. The van der Waals surface area contributed by atoms with E-state index in [1.165, 1.54) is 22.5 Å². The first-order valence-corrected chi connectivity index (χ1v) is 13.2. The summed E-state index contributed by atoms with van der Waals surface area (Å²) in [6.07, 6.45) is 9.79. The van der Waals surface area contributed by atoms with Gasteiger partial charge in [-0.25, -0.2) is 0 Å². The molecule has 5 aromatic rings. The lowest BCUT2D eigenvalue weighted by molar-refractivity contribution is 0.785. The molecule has 0 N–H and O–H groups in total. The summed E-state index contributed by atoms with van der Waals surface area (Å²) < 4.78 is 0. The lowest BCUT2D eigenvalue weighted by Crippen LogP contribution is -2.29. The van der Waals surface area contributed by atoms with Gasteiger partial charge >= 0.3 is 0 Å². The number of allylic oxidation sites excluding steroid dienone is 2. The molecule has 0 saturated carbocycles. The van der Waals surface area contributed by atoms with Gasteiger partial charge in [-0.3, -0.25) is 0 Å². The van der Waals surface area contributed by atoms with Crippen molar-refractivity contribution < 1.29 is 0 Å². The highest BCUT2D eigenvalue weighted by Crippen LogP contribution is 2.36. The van der Waals surface area contributed by atoms with Crippen molar-refractivity contribution in [3.05, 3.63) is 164 Å². The SMILES string of the molecule is C1=CCC(N(c2ccccc2)c2ccc(-c3ccc(N(c4ccccc4)c4ccccc4)cc3)cc2)C=C1. The highest BCUT2D eigenvalue weighted by atomic mass is 15.2. The van der Waals surface area contributed by atoms with Gasteiger partial charge in [-0.15, -0.1) is 0 Å². The maximum atomic E-state index is 2.42. The van der Waals surface area contributed by atoms with E-state index in [0.29, 0.717) is 6.04 Å². The second-order valence-electron chi connectivity index (χ2n) is 9.42. The third-order valence-corrected chi connectivity index (χ3v) is 6.96. The van der Waals surface area contributed by atoms with Gasteiger partial charge in [-0.05, 0) is 78.2 Å². The third kappa shape index (κ3) is 5.02. The van der Waals surface area contributed by atoms with E-state index in [1.54, 1.807) is 0 Å². The van der Waals surface area contributed by atoms with Crippen LogP contribution in [0.25, 0.3) is 11.1 Å². The fourth-order valence-electron chi connectivity index (χ4n) is 5.10. The average Bonchev–Trinajstić information content (AvgIpc) is 3.00. The van der Waals surface area contributed by atoms with Crippen LogP contribution in [0.1, 0.15) is 6.42 Å². The number of benzene rings is 5. The van der Waals surface area contributed by atoms with Crippen LogP contribution in [0.15, 0.2) is 164 Å². The molecule has 1 aliphatic rings. The van der Waals surface area contributed by atoms with E-state index in [-0.39, 0.29) is 0 Å². The lowest BCUT2D eigenvalue weighted by atomic mass is 10.0. The highest BCUT2D eigenvalue weighted by Gasteiger charge is 2.19. The smallest absolute Gasteiger partial charge is 0.0559 e. The summed E-state index contributed by atoms with van der Waals surface area (Å²) in [6.45, 7) is 0. The standard InChI is InChI=1S/C36H30N2/c1-5-13-31(14-6-1)37(32-15-7-2-8-16-32)35-25-21-29(22-26-35)30-23-27-36(28-24-30)38(33-17-9-3-10-18-33)34-19-11-4-12-20-34/h1-19,21-28,34H,20H2. The fourth-order valence-corrected chi connectivity index (χ4v) is 5.10. The molecule has 0 fully saturated rings. The largest absolute Gasteiger partial charge is 0.334 e. The molecule has 0 aromatic heterocycles. The van der Waals surface area contributed by atoms with Crippen molar-refractivity contribution in [1.82, 2.24) is 0 Å². The van der Waals surface area contributed by atoms with Crippen LogP contribution in [0.2, 0.25) is 0 Å². The number of nitrogens with zero attached hydrogens (tertiary/aromatic N) is 2. The predicted molar refractivity (Wildman–Crippen MR) is 162 cm³/mol. The third-order valence-electron chi connectivity index (χ3n) is 6.96. The van der Waals surface area contributed by atoms with Gasteiger partial charge in [0.05, 0.1) is 6.04 Å². The Kier molecular flexibility index (Phi) is 6.86. The van der Waals surface area contributed by atoms with E-state index in [9.17, 15) is 0 Å². The molecular weight excluding hydrogens is 460 g/mol. The van der Waals surface area contributed by atoms with Crippen molar-refractivity contribution in [3.8, 4) is 11.1 Å². The zero-order valence-electron chi connectivity index (χ0n) is 21.3. The normalized spacial score (nSPS) is 14.3. The number of hydrogen-bond donors (Lipinski definition) is 0. The molecule has 1 unspecified atom stereocenters. The quantitative estimate of drug-likeness (QED) is 0.224. The Morgan fingerprint density at radius 1 is 0.421 bits per heavy atom. The van der Waals surface area contributed by atoms with Crippen molar-refractivity contribution in [2.24, 2.45) is 0 Å². The minimum absolute atomic E-state index is 0.300. The van der Waals surface area contributed by atoms with Crippen LogP contribution in [-0.2, 0) is 0 Å². The maximum Gasteiger partial charge on any atom is 0.0559 e. The molecule has 5 aromatic carbocycles. The Morgan fingerprint density at radius 2 is 0.842 bits per heavy atom. The topological polar surface area (TPSA) is 6.48 Å². The van der Waals surface area contributed by atoms with Crippen LogP contribution in [-0.4, -0.2) is 6.04 Å². The van der Waals surface area contributed by atoms with E-state index in [4.69, 9.17) is 0 Å². The summed E-state index contributed by atoms with van der Waals surface area (Å²) in [5.41, 5.74) is 8.23. The van der Waals surface area contributed by atoms with Gasteiger partial charge in [-0.1, -0.05) is 103 Å². The molecule has 38 heavy (non-hydrogen) atoms. The first kappa shape index (κ1) is 23.6. The average molecular weight is 491 g/mol. The Hall–Kier alpha value is -4.82. The maximum absolute atomic E-state index is 2.42. The van der Waals surface area contributed by atoms with Crippen LogP contribution in [0.4, 0.5) is 28.4 Å². The Balaban J connectivity index is 1.29. The number of anilines is 5. The van der Waals surface area contributed by atoms with Crippen molar-refractivity contribution in [2.75, 3.05) is 9.80 Å². The second kappa shape index (κ2) is 11.1. The van der Waals surface area contributed by atoms with E-state index in [0.717, 1.165) is 23.5 Å². The van der Waals surface area contributed by atoms with Gasteiger partial charge in [0.1, 0.15) is 0 Å². The molecular formula is C36H30N2. The second-order valence-corrected chi connectivity index (χ2v) is 9.42. The molecule has 0 aliphatic heterocycles. The van der Waals surface area contributed by atoms with Crippen LogP contribution in [0.3, 0.4) is 0 Å². The monoisotopic (exact) mass is 490 g/mol. The van der Waals surface area contributed by atoms with E-state index in [1.807, 2.05) is 0 Å². The van der Waals surface area contributed by atoms with Gasteiger partial charge in [0.15, 0.2) is 0 Å². The number of rotatable bonds is 7. The molecule has 6 rings (SSSR count). The minimum Gasteiger partial charge on any atom is -0.334 e. The first-order chi connectivity index (χ1) is 18.9. The molecule has 2 heteroatoms. The van der Waals surface area contributed by atoms with E-state index < -0.39 is 0 Å². The summed E-state index contributed by atoms with van der Waals surface area (Å²) >= 11 is 0. The van der Waals surface area contributed by atoms with Gasteiger partial charge in [0.25, 0.3) is 0 Å². The van der Waals surface area contributed by atoms with Gasteiger partial charge < -0.3 is 9.80 Å². The summed E-state index contributed by atoms with van der Waals surface area (Å²) in [4.78, 5) is 4.71. The predicted octanol–water partition coefficient (Wildman–Crippen LogP) is 9.85. The summed E-state index contributed by atoms with van der Waals surface area (Å²) in [7, 11) is 0. The molecule has 0 amide bonds. The molecule has 0 radical (unpaired) electrons.